The number of piperidine rings is 1. The van der Waals surface area contributed by atoms with Crippen LogP contribution >= 0.6 is 0 Å². The first-order valence-corrected chi connectivity index (χ1v) is 11.1. The van der Waals surface area contributed by atoms with Crippen molar-refractivity contribution in [2.75, 3.05) is 40.4 Å². The molecule has 1 aliphatic heterocycles. The van der Waals surface area contributed by atoms with Gasteiger partial charge in [-0.3, -0.25) is 4.79 Å². The van der Waals surface area contributed by atoms with Crippen LogP contribution in [0.25, 0.3) is 0 Å². The van der Waals surface area contributed by atoms with Gasteiger partial charge in [-0.2, -0.15) is 4.31 Å². The molecule has 0 atom stereocenters. The molecular weight excluding hydrogens is 364 g/mol. The summed E-state index contributed by atoms with van der Waals surface area (Å²) in [6.07, 6.45) is 1.94. The number of rotatable bonds is 8. The maximum Gasteiger partial charge on any atom is 0.243 e. The Labute approximate surface area is 163 Å². The number of hydrogen-bond acceptors (Lipinski definition) is 4. The van der Waals surface area contributed by atoms with Crippen molar-refractivity contribution in [3.8, 4) is 0 Å². The van der Waals surface area contributed by atoms with Crippen molar-refractivity contribution in [3.05, 3.63) is 29.8 Å². The molecule has 1 fully saturated rings. The highest BCUT2D eigenvalue weighted by Gasteiger charge is 2.33. The highest BCUT2D eigenvalue weighted by molar-refractivity contribution is 7.89. The maximum absolute atomic E-state index is 12.9. The van der Waals surface area contributed by atoms with Gasteiger partial charge in [0, 0.05) is 46.3 Å². The second kappa shape index (κ2) is 9.66. The first-order chi connectivity index (χ1) is 12.8. The SMILES string of the molecule is COCCCN(C)C(=O)C1CCN(S(=O)(=O)c2ccc(C(C)C)cc2)CC1. The van der Waals surface area contributed by atoms with Crippen molar-refractivity contribution in [2.24, 2.45) is 5.92 Å². The van der Waals surface area contributed by atoms with Crippen molar-refractivity contribution >= 4 is 15.9 Å². The van der Waals surface area contributed by atoms with Crippen LogP contribution in [-0.4, -0.2) is 63.9 Å². The van der Waals surface area contributed by atoms with Crippen LogP contribution in [0.15, 0.2) is 29.2 Å². The molecule has 1 amide bonds. The molecule has 0 radical (unpaired) electrons. The number of benzene rings is 1. The highest BCUT2D eigenvalue weighted by atomic mass is 32.2. The lowest BCUT2D eigenvalue weighted by molar-refractivity contribution is -0.135. The zero-order valence-corrected chi connectivity index (χ0v) is 17.7. The molecule has 0 spiro atoms. The summed E-state index contributed by atoms with van der Waals surface area (Å²) in [5.74, 6) is 0.362. The Morgan fingerprint density at radius 2 is 1.81 bits per heavy atom. The molecule has 7 heteroatoms. The van der Waals surface area contributed by atoms with Gasteiger partial charge in [0.25, 0.3) is 0 Å². The summed E-state index contributed by atoms with van der Waals surface area (Å²) in [7, 11) is -0.0494. The molecule has 0 N–H and O–H groups in total. The molecule has 1 aromatic rings. The van der Waals surface area contributed by atoms with Crippen LogP contribution in [0.4, 0.5) is 0 Å². The van der Waals surface area contributed by atoms with E-state index in [-0.39, 0.29) is 11.8 Å². The third-order valence-corrected chi connectivity index (χ3v) is 7.12. The molecule has 152 valence electrons. The molecule has 0 aromatic heterocycles. The lowest BCUT2D eigenvalue weighted by Crippen LogP contribution is -2.43. The zero-order chi connectivity index (χ0) is 20.0. The predicted molar refractivity (Wildman–Crippen MR) is 106 cm³/mol. The van der Waals surface area contributed by atoms with Gasteiger partial charge < -0.3 is 9.64 Å². The van der Waals surface area contributed by atoms with Crippen LogP contribution in [0.3, 0.4) is 0 Å². The Hall–Kier alpha value is -1.44. The van der Waals surface area contributed by atoms with Crippen LogP contribution < -0.4 is 0 Å². The second-order valence-corrected chi connectivity index (χ2v) is 9.45. The molecule has 1 aliphatic rings. The highest BCUT2D eigenvalue weighted by Crippen LogP contribution is 2.26. The van der Waals surface area contributed by atoms with Gasteiger partial charge in [-0.25, -0.2) is 8.42 Å². The van der Waals surface area contributed by atoms with Crippen molar-refractivity contribution in [2.45, 2.75) is 43.9 Å². The molecule has 2 rings (SSSR count). The van der Waals surface area contributed by atoms with E-state index in [1.165, 1.54) is 4.31 Å². The average molecular weight is 397 g/mol. The van der Waals surface area contributed by atoms with Crippen LogP contribution in [0.1, 0.15) is 44.6 Å². The largest absolute Gasteiger partial charge is 0.385 e. The number of methoxy groups -OCH3 is 1. The number of ether oxygens (including phenoxy) is 1. The Kier molecular flexibility index (Phi) is 7.82. The van der Waals surface area contributed by atoms with E-state index in [0.29, 0.717) is 49.9 Å². The monoisotopic (exact) mass is 396 g/mol. The Bertz CT molecular complexity index is 708. The Morgan fingerprint density at radius 1 is 1.22 bits per heavy atom. The van der Waals surface area contributed by atoms with Gasteiger partial charge in [0.1, 0.15) is 0 Å². The van der Waals surface area contributed by atoms with Gasteiger partial charge in [0.15, 0.2) is 0 Å². The fourth-order valence-corrected chi connectivity index (χ4v) is 4.85. The van der Waals surface area contributed by atoms with E-state index in [9.17, 15) is 13.2 Å². The summed E-state index contributed by atoms with van der Waals surface area (Å²) < 4.78 is 32.3. The molecule has 1 saturated heterocycles. The number of sulfonamides is 1. The molecule has 1 heterocycles. The summed E-state index contributed by atoms with van der Waals surface area (Å²) >= 11 is 0. The maximum atomic E-state index is 12.9. The van der Waals surface area contributed by atoms with Crippen molar-refractivity contribution in [1.82, 2.24) is 9.21 Å². The number of amides is 1. The number of carbonyl (C=O) groups is 1. The molecular formula is C20H32N2O4S. The van der Waals surface area contributed by atoms with Crippen molar-refractivity contribution < 1.29 is 17.9 Å². The van der Waals surface area contributed by atoms with Crippen LogP contribution in [-0.2, 0) is 19.6 Å². The van der Waals surface area contributed by atoms with Gasteiger partial charge in [-0.1, -0.05) is 26.0 Å². The first kappa shape index (κ1) is 21.9. The molecule has 27 heavy (non-hydrogen) atoms. The summed E-state index contributed by atoms with van der Waals surface area (Å²) in [5, 5.41) is 0. The fraction of sp³-hybridized carbons (Fsp3) is 0.650. The summed E-state index contributed by atoms with van der Waals surface area (Å²) in [6.45, 7) is 6.22. The van der Waals surface area contributed by atoms with Crippen LogP contribution in [0, 0.1) is 5.92 Å². The molecule has 0 unspecified atom stereocenters. The molecule has 6 nitrogen and oxygen atoms in total. The second-order valence-electron chi connectivity index (χ2n) is 7.51. The third kappa shape index (κ3) is 5.53. The summed E-state index contributed by atoms with van der Waals surface area (Å²) in [6, 6.07) is 7.13. The minimum absolute atomic E-state index is 0.101. The van der Waals surface area contributed by atoms with E-state index in [0.717, 1.165) is 12.0 Å². The van der Waals surface area contributed by atoms with E-state index in [2.05, 4.69) is 13.8 Å². The summed E-state index contributed by atoms with van der Waals surface area (Å²) in [5.41, 5.74) is 1.12. The Balaban J connectivity index is 1.94. The predicted octanol–water partition coefficient (Wildman–Crippen LogP) is 2.71. The van der Waals surface area contributed by atoms with Crippen LogP contribution in [0.2, 0.25) is 0 Å². The minimum Gasteiger partial charge on any atom is -0.385 e. The van der Waals surface area contributed by atoms with Gasteiger partial charge in [-0.15, -0.1) is 0 Å². The van der Waals surface area contributed by atoms with E-state index in [1.54, 1.807) is 31.2 Å². The number of hydrogen-bond donors (Lipinski definition) is 0. The third-order valence-electron chi connectivity index (χ3n) is 5.21. The smallest absolute Gasteiger partial charge is 0.243 e. The zero-order valence-electron chi connectivity index (χ0n) is 16.8. The average Bonchev–Trinajstić information content (AvgIpc) is 2.67. The molecule has 1 aromatic carbocycles. The molecule has 0 bridgehead atoms. The quantitative estimate of drug-likeness (QED) is 0.634. The number of carbonyl (C=O) groups excluding carboxylic acids is 1. The van der Waals surface area contributed by atoms with E-state index in [4.69, 9.17) is 4.74 Å². The Morgan fingerprint density at radius 3 is 2.33 bits per heavy atom. The number of nitrogens with zero attached hydrogens (tertiary/aromatic N) is 2. The van der Waals surface area contributed by atoms with Gasteiger partial charge in [0.2, 0.25) is 15.9 Å². The van der Waals surface area contributed by atoms with Gasteiger partial charge in [-0.05, 0) is 42.9 Å². The van der Waals surface area contributed by atoms with Gasteiger partial charge in [0.05, 0.1) is 4.90 Å². The van der Waals surface area contributed by atoms with Crippen molar-refractivity contribution in [3.63, 3.8) is 0 Å². The topological polar surface area (TPSA) is 66.9 Å². The molecule has 0 aliphatic carbocycles. The lowest BCUT2D eigenvalue weighted by atomic mass is 9.96. The van der Waals surface area contributed by atoms with E-state index in [1.807, 2.05) is 12.1 Å². The molecule has 0 saturated carbocycles. The summed E-state index contributed by atoms with van der Waals surface area (Å²) in [4.78, 5) is 14.6. The minimum atomic E-state index is -3.50. The van der Waals surface area contributed by atoms with E-state index < -0.39 is 10.0 Å². The van der Waals surface area contributed by atoms with E-state index >= 15 is 0 Å². The standard InChI is InChI=1S/C20H32N2O4S/c1-16(2)17-6-8-19(9-7-17)27(24,25)22-13-10-18(11-14-22)20(23)21(3)12-5-15-26-4/h6-9,16,18H,5,10-15H2,1-4H3. The van der Waals surface area contributed by atoms with Gasteiger partial charge >= 0.3 is 0 Å². The first-order valence-electron chi connectivity index (χ1n) is 9.61. The van der Waals surface area contributed by atoms with Crippen LogP contribution in [0.5, 0.6) is 0 Å². The lowest BCUT2D eigenvalue weighted by Gasteiger charge is -2.32. The normalized spacial score (nSPS) is 16.6. The fourth-order valence-electron chi connectivity index (χ4n) is 3.38. The van der Waals surface area contributed by atoms with Crippen molar-refractivity contribution in [1.29, 1.82) is 0 Å².